The number of rotatable bonds is 4. The van der Waals surface area contributed by atoms with Gasteiger partial charge in [-0.15, -0.1) is 0 Å². The van der Waals surface area contributed by atoms with E-state index in [1.807, 2.05) is 0 Å². The van der Waals surface area contributed by atoms with Crippen LogP contribution in [0.5, 0.6) is 0 Å². The predicted molar refractivity (Wildman–Crippen MR) is 62.6 cm³/mol. The molecule has 2 rings (SSSR count). The van der Waals surface area contributed by atoms with Crippen molar-refractivity contribution in [2.75, 3.05) is 13.2 Å². The van der Waals surface area contributed by atoms with E-state index in [0.717, 1.165) is 25.0 Å². The molecular formula is C13H23NO. The predicted octanol–water partition coefficient (Wildman–Crippen LogP) is 2.49. The molecular weight excluding hydrogens is 186 g/mol. The van der Waals surface area contributed by atoms with Crippen molar-refractivity contribution in [1.29, 1.82) is 0 Å². The molecule has 15 heavy (non-hydrogen) atoms. The summed E-state index contributed by atoms with van der Waals surface area (Å²) in [4.78, 5) is 0. The van der Waals surface area contributed by atoms with Crippen LogP contribution in [0.4, 0.5) is 0 Å². The minimum absolute atomic E-state index is 0.387. The molecule has 0 aromatic carbocycles. The van der Waals surface area contributed by atoms with E-state index in [1.165, 1.54) is 38.5 Å². The van der Waals surface area contributed by atoms with Crippen LogP contribution in [0.2, 0.25) is 0 Å². The Bertz CT molecular complexity index is 215. The van der Waals surface area contributed by atoms with Crippen molar-refractivity contribution in [1.82, 2.24) is 0 Å². The number of hydrogen-bond donors (Lipinski definition) is 1. The molecule has 1 saturated carbocycles. The molecule has 0 amide bonds. The zero-order valence-corrected chi connectivity index (χ0v) is 9.53. The van der Waals surface area contributed by atoms with Gasteiger partial charge in [0.1, 0.15) is 0 Å². The van der Waals surface area contributed by atoms with Gasteiger partial charge < -0.3 is 10.5 Å². The first-order valence-corrected chi connectivity index (χ1v) is 6.38. The fourth-order valence-corrected chi connectivity index (χ4v) is 2.81. The van der Waals surface area contributed by atoms with Crippen LogP contribution in [0, 0.1) is 11.8 Å². The molecule has 0 heterocycles. The maximum atomic E-state index is 5.96. The lowest BCUT2D eigenvalue weighted by Crippen LogP contribution is -2.25. The lowest BCUT2D eigenvalue weighted by Gasteiger charge is -2.22. The Labute approximate surface area is 92.9 Å². The second-order valence-corrected chi connectivity index (χ2v) is 4.92. The number of ether oxygens (including phenoxy) is 1. The van der Waals surface area contributed by atoms with Crippen LogP contribution in [-0.4, -0.2) is 19.3 Å². The molecule has 2 aliphatic carbocycles. The highest BCUT2D eigenvalue weighted by molar-refractivity contribution is 4.94. The first kappa shape index (κ1) is 11.2. The topological polar surface area (TPSA) is 35.2 Å². The zero-order chi connectivity index (χ0) is 10.5. The summed E-state index contributed by atoms with van der Waals surface area (Å²) in [6.07, 6.45) is 12.6. The quantitative estimate of drug-likeness (QED) is 0.722. The van der Waals surface area contributed by atoms with Gasteiger partial charge in [-0.2, -0.15) is 0 Å². The van der Waals surface area contributed by atoms with Crippen molar-refractivity contribution in [3.05, 3.63) is 12.2 Å². The first-order valence-electron chi connectivity index (χ1n) is 6.38. The minimum atomic E-state index is 0.387. The fraction of sp³-hybridized carbons (Fsp3) is 0.846. The number of hydrogen-bond acceptors (Lipinski definition) is 2. The van der Waals surface area contributed by atoms with Crippen LogP contribution in [0.3, 0.4) is 0 Å². The summed E-state index contributed by atoms with van der Waals surface area (Å²) >= 11 is 0. The van der Waals surface area contributed by atoms with Gasteiger partial charge in [0, 0.05) is 0 Å². The standard InChI is InChI=1S/C13H23NO/c14-9-11-5-4-6-12(11)10-15-13-7-2-1-3-8-13/h2,7,11-13H,1,3-6,8-10,14H2. The summed E-state index contributed by atoms with van der Waals surface area (Å²) in [5, 5.41) is 0. The lowest BCUT2D eigenvalue weighted by molar-refractivity contribution is 0.0400. The van der Waals surface area contributed by atoms with Gasteiger partial charge in [-0.3, -0.25) is 0 Å². The molecule has 2 nitrogen and oxygen atoms in total. The molecule has 0 aromatic heterocycles. The smallest absolute Gasteiger partial charge is 0.0756 e. The van der Waals surface area contributed by atoms with Crippen molar-refractivity contribution in [2.45, 2.75) is 44.6 Å². The summed E-state index contributed by atoms with van der Waals surface area (Å²) in [6.45, 7) is 1.77. The fourth-order valence-electron chi connectivity index (χ4n) is 2.81. The van der Waals surface area contributed by atoms with E-state index in [1.54, 1.807) is 0 Å². The van der Waals surface area contributed by atoms with Crippen molar-refractivity contribution >= 4 is 0 Å². The Morgan fingerprint density at radius 1 is 1.13 bits per heavy atom. The highest BCUT2D eigenvalue weighted by Gasteiger charge is 2.26. The third kappa shape index (κ3) is 3.05. The molecule has 0 aliphatic heterocycles. The molecule has 86 valence electrons. The van der Waals surface area contributed by atoms with E-state index in [4.69, 9.17) is 10.5 Å². The van der Waals surface area contributed by atoms with Gasteiger partial charge in [0.05, 0.1) is 12.7 Å². The maximum absolute atomic E-state index is 5.96. The molecule has 3 unspecified atom stereocenters. The second-order valence-electron chi connectivity index (χ2n) is 4.92. The molecule has 0 bridgehead atoms. The van der Waals surface area contributed by atoms with Crippen LogP contribution in [0.15, 0.2) is 12.2 Å². The SMILES string of the molecule is NCC1CCCC1COC1C=CCCC1. The molecule has 0 radical (unpaired) electrons. The molecule has 0 aromatic rings. The Kier molecular flexibility index (Phi) is 4.21. The second kappa shape index (κ2) is 5.66. The molecule has 2 N–H and O–H groups in total. The van der Waals surface area contributed by atoms with E-state index in [9.17, 15) is 0 Å². The van der Waals surface area contributed by atoms with Crippen molar-refractivity contribution in [2.24, 2.45) is 17.6 Å². The largest absolute Gasteiger partial charge is 0.374 e. The van der Waals surface area contributed by atoms with Crippen molar-refractivity contribution in [3.8, 4) is 0 Å². The van der Waals surface area contributed by atoms with E-state index in [0.29, 0.717) is 6.10 Å². The third-order valence-corrected chi connectivity index (χ3v) is 3.85. The van der Waals surface area contributed by atoms with Gasteiger partial charge in [-0.25, -0.2) is 0 Å². The normalized spacial score (nSPS) is 35.9. The van der Waals surface area contributed by atoms with E-state index in [2.05, 4.69) is 12.2 Å². The van der Waals surface area contributed by atoms with Crippen LogP contribution >= 0.6 is 0 Å². The van der Waals surface area contributed by atoms with E-state index < -0.39 is 0 Å². The van der Waals surface area contributed by atoms with Gasteiger partial charge in [0.15, 0.2) is 0 Å². The van der Waals surface area contributed by atoms with Gasteiger partial charge in [-0.1, -0.05) is 18.6 Å². The molecule has 0 spiro atoms. The van der Waals surface area contributed by atoms with E-state index in [-0.39, 0.29) is 0 Å². The summed E-state index contributed by atoms with van der Waals surface area (Å²) in [5.41, 5.74) is 5.76. The molecule has 1 fully saturated rings. The molecule has 0 saturated heterocycles. The van der Waals surface area contributed by atoms with Crippen LogP contribution in [0.1, 0.15) is 38.5 Å². The van der Waals surface area contributed by atoms with Gasteiger partial charge in [0.2, 0.25) is 0 Å². The average Bonchev–Trinajstić information content (AvgIpc) is 2.75. The Balaban J connectivity index is 1.72. The van der Waals surface area contributed by atoms with E-state index >= 15 is 0 Å². The van der Waals surface area contributed by atoms with Crippen molar-refractivity contribution in [3.63, 3.8) is 0 Å². The molecule has 2 aliphatic rings. The zero-order valence-electron chi connectivity index (χ0n) is 9.53. The molecule has 3 atom stereocenters. The first-order chi connectivity index (χ1) is 7.40. The Morgan fingerprint density at radius 2 is 2.00 bits per heavy atom. The third-order valence-electron chi connectivity index (χ3n) is 3.85. The van der Waals surface area contributed by atoms with Crippen LogP contribution in [-0.2, 0) is 4.74 Å². The summed E-state index contributed by atoms with van der Waals surface area (Å²) < 4.78 is 5.96. The van der Waals surface area contributed by atoms with Gasteiger partial charge in [-0.05, 0) is 50.5 Å². The van der Waals surface area contributed by atoms with Crippen LogP contribution in [0.25, 0.3) is 0 Å². The van der Waals surface area contributed by atoms with Gasteiger partial charge >= 0.3 is 0 Å². The Hall–Kier alpha value is -0.340. The minimum Gasteiger partial charge on any atom is -0.374 e. The average molecular weight is 209 g/mol. The summed E-state index contributed by atoms with van der Waals surface area (Å²) in [5.74, 6) is 1.45. The highest BCUT2D eigenvalue weighted by atomic mass is 16.5. The number of allylic oxidation sites excluding steroid dienone is 1. The number of nitrogens with two attached hydrogens (primary N) is 1. The van der Waals surface area contributed by atoms with Crippen molar-refractivity contribution < 1.29 is 4.74 Å². The summed E-state index contributed by atoms with van der Waals surface area (Å²) in [7, 11) is 0. The van der Waals surface area contributed by atoms with Gasteiger partial charge in [0.25, 0.3) is 0 Å². The van der Waals surface area contributed by atoms with Crippen LogP contribution < -0.4 is 5.73 Å². The monoisotopic (exact) mass is 209 g/mol. The molecule has 2 heteroatoms. The highest BCUT2D eigenvalue weighted by Crippen LogP contribution is 2.31. The lowest BCUT2D eigenvalue weighted by atomic mass is 9.97. The summed E-state index contributed by atoms with van der Waals surface area (Å²) in [6, 6.07) is 0. The maximum Gasteiger partial charge on any atom is 0.0756 e. The Morgan fingerprint density at radius 3 is 2.73 bits per heavy atom.